The van der Waals surface area contributed by atoms with Gasteiger partial charge in [0.2, 0.25) is 0 Å². The summed E-state index contributed by atoms with van der Waals surface area (Å²) in [4.78, 5) is 4.84. The summed E-state index contributed by atoms with van der Waals surface area (Å²) in [6.07, 6.45) is 7.70. The van der Waals surface area contributed by atoms with Crippen LogP contribution >= 0.6 is 0 Å². The summed E-state index contributed by atoms with van der Waals surface area (Å²) in [5.74, 6) is 3.96. The maximum absolute atomic E-state index is 6.74. The van der Waals surface area contributed by atoms with Crippen molar-refractivity contribution < 1.29 is 25.8 Å². The Bertz CT molecular complexity index is 2260. The van der Waals surface area contributed by atoms with Crippen molar-refractivity contribution in [1.29, 1.82) is 0 Å². The fourth-order valence-electron chi connectivity index (χ4n) is 8.11. The Kier molecular flexibility index (Phi) is 10.8. The van der Waals surface area contributed by atoms with E-state index in [0.717, 1.165) is 46.5 Å². The molecule has 0 spiro atoms. The molecule has 2 atom stereocenters. The predicted octanol–water partition coefficient (Wildman–Crippen LogP) is 12.1. The van der Waals surface area contributed by atoms with E-state index < -0.39 is 0 Å². The molecule has 0 fully saturated rings. The van der Waals surface area contributed by atoms with E-state index in [1.165, 1.54) is 39.8 Å². The summed E-state index contributed by atoms with van der Waals surface area (Å²) in [6, 6.07) is 28.7. The molecule has 3 heterocycles. The van der Waals surface area contributed by atoms with Gasteiger partial charge in [-0.25, -0.2) is 4.98 Å². The van der Waals surface area contributed by atoms with Crippen molar-refractivity contribution in [2.45, 2.75) is 106 Å². The van der Waals surface area contributed by atoms with Crippen molar-refractivity contribution in [3.8, 4) is 23.0 Å². The van der Waals surface area contributed by atoms with E-state index in [0.29, 0.717) is 29.3 Å². The second-order valence-electron chi connectivity index (χ2n) is 16.5. The van der Waals surface area contributed by atoms with Crippen LogP contribution in [0.25, 0.3) is 33.3 Å². The van der Waals surface area contributed by atoms with Crippen LogP contribution < -0.4 is 4.74 Å². The number of hydrogen-bond donors (Lipinski definition) is 0. The number of pyridine rings is 1. The fourth-order valence-corrected chi connectivity index (χ4v) is 8.11. The third kappa shape index (κ3) is 7.18. The van der Waals surface area contributed by atoms with Gasteiger partial charge in [-0.3, -0.25) is 4.68 Å². The first kappa shape index (κ1) is 37.8. The van der Waals surface area contributed by atoms with Crippen molar-refractivity contribution >= 4 is 21.8 Å². The molecule has 0 radical (unpaired) electrons. The Hall–Kier alpha value is -3.95. The second-order valence-corrected chi connectivity index (χ2v) is 16.5. The van der Waals surface area contributed by atoms with Crippen LogP contribution in [0.2, 0.25) is 0 Å². The molecule has 3 aromatic heterocycles. The van der Waals surface area contributed by atoms with E-state index in [9.17, 15) is 0 Å². The van der Waals surface area contributed by atoms with Crippen LogP contribution in [0.4, 0.5) is 0 Å². The van der Waals surface area contributed by atoms with Crippen LogP contribution in [0.1, 0.15) is 115 Å². The van der Waals surface area contributed by atoms with Gasteiger partial charge in [0.25, 0.3) is 0 Å². The molecule has 0 saturated carbocycles. The standard InChI is InChI=1S/C46H52N4O.Pt/c1-28(2)22-33-20-21-47-42(23-33)49-40-17-12-11-16-38(40)39-19-18-36(27-41(39)49)51-37-25-34(46(8,9)10)24-35(26-37)50-45(29(3)4)44(32(7)48-50)43-30(5)14-13-15-31(43)6;/h11-12,14,16-21,23-25,28-29,31,43H,13,15,22H2,1-10H3;/q-2;+2/t31-,43?;/m0./s1. The number of nitrogens with zero attached hydrogens (tertiary/aromatic N) is 4. The average molecular weight is 872 g/mol. The molecular formula is C46H52N4OPt. The third-order valence-corrected chi connectivity index (χ3v) is 10.5. The van der Waals surface area contributed by atoms with E-state index in [1.807, 2.05) is 12.3 Å². The number of rotatable bonds is 8. The number of fused-ring (bicyclic) bond motifs is 3. The molecule has 0 aliphatic heterocycles. The van der Waals surface area contributed by atoms with Crippen molar-refractivity contribution in [1.82, 2.24) is 19.3 Å². The van der Waals surface area contributed by atoms with Gasteiger partial charge >= 0.3 is 21.1 Å². The zero-order valence-corrected chi connectivity index (χ0v) is 34.6. The molecule has 6 aromatic rings. The minimum Gasteiger partial charge on any atom is -0.509 e. The zero-order valence-electron chi connectivity index (χ0n) is 32.4. The average Bonchev–Trinajstić information content (AvgIpc) is 3.58. The number of allylic oxidation sites excluding steroid dienone is 2. The smallest absolute Gasteiger partial charge is 0.509 e. The zero-order chi connectivity index (χ0) is 36.2. The van der Waals surface area contributed by atoms with Gasteiger partial charge in [-0.1, -0.05) is 90.8 Å². The number of aromatic nitrogens is 4. The number of aryl methyl sites for hydroxylation is 1. The van der Waals surface area contributed by atoms with Crippen molar-refractivity contribution in [2.75, 3.05) is 0 Å². The Morgan fingerprint density at radius 3 is 2.40 bits per heavy atom. The maximum Gasteiger partial charge on any atom is 2.00 e. The topological polar surface area (TPSA) is 44.9 Å². The Morgan fingerprint density at radius 2 is 1.69 bits per heavy atom. The molecule has 7 rings (SSSR count). The van der Waals surface area contributed by atoms with Crippen molar-refractivity contribution in [2.24, 2.45) is 11.8 Å². The van der Waals surface area contributed by atoms with Gasteiger partial charge in [0.1, 0.15) is 5.82 Å². The first-order chi connectivity index (χ1) is 24.3. The molecule has 1 unspecified atom stereocenters. The molecule has 272 valence electrons. The summed E-state index contributed by atoms with van der Waals surface area (Å²) in [5, 5.41) is 7.52. The van der Waals surface area contributed by atoms with Crippen LogP contribution in [0, 0.1) is 30.9 Å². The molecule has 52 heavy (non-hydrogen) atoms. The largest absolute Gasteiger partial charge is 2.00 e. The minimum absolute atomic E-state index is 0. The van der Waals surface area contributed by atoms with Gasteiger partial charge in [-0.15, -0.1) is 41.3 Å². The van der Waals surface area contributed by atoms with Gasteiger partial charge in [0.05, 0.1) is 5.69 Å². The summed E-state index contributed by atoms with van der Waals surface area (Å²) < 4.78 is 11.1. The van der Waals surface area contributed by atoms with E-state index >= 15 is 0 Å². The Morgan fingerprint density at radius 1 is 0.923 bits per heavy atom. The Balaban J connectivity index is 0.00000464. The molecule has 0 bridgehead atoms. The predicted molar refractivity (Wildman–Crippen MR) is 211 cm³/mol. The summed E-state index contributed by atoms with van der Waals surface area (Å²) in [7, 11) is 0. The van der Waals surface area contributed by atoms with Crippen molar-refractivity contribution in [3.05, 3.63) is 119 Å². The molecule has 1 aliphatic carbocycles. The molecule has 6 heteroatoms. The van der Waals surface area contributed by atoms with Crippen LogP contribution in [-0.4, -0.2) is 19.3 Å². The van der Waals surface area contributed by atoms with Crippen LogP contribution in [0.15, 0.2) is 78.5 Å². The number of benzene rings is 3. The van der Waals surface area contributed by atoms with E-state index in [1.54, 1.807) is 0 Å². The van der Waals surface area contributed by atoms with Crippen LogP contribution in [-0.2, 0) is 32.9 Å². The second kappa shape index (κ2) is 14.8. The van der Waals surface area contributed by atoms with Gasteiger partial charge in [0, 0.05) is 40.4 Å². The summed E-state index contributed by atoms with van der Waals surface area (Å²) in [5.41, 5.74) is 10.5. The monoisotopic (exact) mass is 871 g/mol. The van der Waals surface area contributed by atoms with Gasteiger partial charge in [0.15, 0.2) is 0 Å². The third-order valence-electron chi connectivity index (χ3n) is 10.5. The van der Waals surface area contributed by atoms with E-state index in [-0.39, 0.29) is 32.4 Å². The van der Waals surface area contributed by atoms with Crippen molar-refractivity contribution in [3.63, 3.8) is 0 Å². The molecule has 0 saturated heterocycles. The molecule has 0 N–H and O–H groups in total. The quantitative estimate of drug-likeness (QED) is 0.113. The van der Waals surface area contributed by atoms with E-state index in [2.05, 4.69) is 151 Å². The molecule has 0 amide bonds. The maximum atomic E-state index is 6.74. The SMILES string of the molecule is CC1=CCC[C@H](C)C1c1c(C)nn(-c2[c-]c(Oc3[c-]c4c(cc3)c3ccccc3n4-c3cc(CC(C)C)ccn3)cc(C(C)(C)C)c2)c1C(C)C.[Pt+2]. The molecule has 5 nitrogen and oxygen atoms in total. The van der Waals surface area contributed by atoms with Crippen LogP contribution in [0.5, 0.6) is 11.5 Å². The Labute approximate surface area is 324 Å². The summed E-state index contributed by atoms with van der Waals surface area (Å²) in [6.45, 7) is 22.7. The molecular weight excluding hydrogens is 820 g/mol. The number of ether oxygens (including phenoxy) is 1. The fraction of sp³-hybridized carbons (Fsp3) is 0.391. The normalized spacial score (nSPS) is 16.5. The minimum atomic E-state index is -0.116. The first-order valence-corrected chi connectivity index (χ1v) is 18.7. The first-order valence-electron chi connectivity index (χ1n) is 18.7. The number of para-hydroxylation sites is 1. The molecule has 3 aromatic carbocycles. The molecule has 1 aliphatic rings. The van der Waals surface area contributed by atoms with E-state index in [4.69, 9.17) is 14.8 Å². The van der Waals surface area contributed by atoms with Crippen LogP contribution in [0.3, 0.4) is 0 Å². The van der Waals surface area contributed by atoms with Gasteiger partial charge in [-0.2, -0.15) is 11.2 Å². The summed E-state index contributed by atoms with van der Waals surface area (Å²) >= 11 is 0. The van der Waals surface area contributed by atoms with Gasteiger partial charge < -0.3 is 9.30 Å². The van der Waals surface area contributed by atoms with Gasteiger partial charge in [-0.05, 0) is 91.1 Å². The number of hydrogen-bond acceptors (Lipinski definition) is 3.